The molecule has 0 aliphatic rings. The van der Waals surface area contributed by atoms with Gasteiger partial charge >= 0.3 is 10.4 Å². The highest BCUT2D eigenvalue weighted by atomic mass is 32.3. The van der Waals surface area contributed by atoms with Gasteiger partial charge in [0.1, 0.15) is 0 Å². The van der Waals surface area contributed by atoms with Crippen LogP contribution in [-0.4, -0.2) is 19.6 Å². The summed E-state index contributed by atoms with van der Waals surface area (Å²) in [4.78, 5) is 4.37. The van der Waals surface area contributed by atoms with E-state index in [0.717, 1.165) is 19.3 Å². The molecule has 0 radical (unpaired) electrons. The van der Waals surface area contributed by atoms with Gasteiger partial charge in [0.15, 0.2) is 0 Å². The lowest BCUT2D eigenvalue weighted by Gasteiger charge is -2.03. The monoisotopic (exact) mass is 352 g/mol. The largest absolute Gasteiger partial charge is 0.424 e. The molecule has 0 heterocycles. The molecule has 1 N–H and O–H groups in total. The summed E-state index contributed by atoms with van der Waals surface area (Å²) in [6.07, 6.45) is 19.1. The summed E-state index contributed by atoms with van der Waals surface area (Å²) in [6.45, 7) is 2.45. The predicted molar refractivity (Wildman–Crippen MR) is 93.5 cm³/mol. The normalized spacial score (nSPS) is 11.9. The Balaban J connectivity index is 3.03. The van der Waals surface area contributed by atoms with E-state index in [4.69, 9.17) is 4.55 Å². The molecule has 0 aromatic rings. The number of hydrogen-bond donors (Lipinski definition) is 1. The highest BCUT2D eigenvalue weighted by Gasteiger charge is 2.04. The van der Waals surface area contributed by atoms with Gasteiger partial charge in [-0.1, -0.05) is 101 Å². The summed E-state index contributed by atoms with van der Waals surface area (Å²) in [5.41, 5.74) is 0. The van der Waals surface area contributed by atoms with Crippen LogP contribution in [-0.2, 0) is 19.6 Å². The summed E-state index contributed by atoms with van der Waals surface area (Å²) in [6, 6.07) is 0. The van der Waals surface area contributed by atoms with Crippen LogP contribution in [0.15, 0.2) is 0 Å². The van der Waals surface area contributed by atoms with E-state index in [0.29, 0.717) is 0 Å². The summed E-state index contributed by atoms with van der Waals surface area (Å²) in [7, 11) is -4.47. The van der Waals surface area contributed by atoms with Crippen molar-refractivity contribution in [2.45, 2.75) is 103 Å². The van der Waals surface area contributed by atoms with Crippen LogP contribution in [0.4, 0.5) is 0 Å². The van der Waals surface area contributed by atoms with Gasteiger partial charge in [-0.15, -0.1) is 0 Å². The maximum atomic E-state index is 10.2. The second-order valence-corrected chi connectivity index (χ2v) is 7.26. The van der Waals surface area contributed by atoms with Gasteiger partial charge in [0, 0.05) is 0 Å². The quantitative estimate of drug-likeness (QED) is 0.150. The van der Waals surface area contributed by atoms with Gasteiger partial charge in [0.25, 0.3) is 0 Å². The molecule has 0 saturated heterocycles. The first kappa shape index (κ1) is 22.8. The van der Waals surface area contributed by atoms with Crippen molar-refractivity contribution in [1.29, 1.82) is 0 Å². The van der Waals surface area contributed by atoms with Crippen LogP contribution in [0.1, 0.15) is 103 Å². The summed E-state index contributed by atoms with van der Waals surface area (Å²) < 4.78 is 32.4. The zero-order valence-corrected chi connectivity index (χ0v) is 15.6. The smallest absolute Gasteiger partial charge is 0.262 e. The molecule has 5 nitrogen and oxygen atoms in total. The minimum atomic E-state index is -4.47. The zero-order chi connectivity index (χ0) is 17.2. The first-order valence-electron chi connectivity index (χ1n) is 9.35. The molecule has 0 aromatic heterocycles. The molecule has 0 rings (SSSR count). The molecule has 0 aromatic carbocycles. The van der Waals surface area contributed by atoms with Crippen molar-refractivity contribution in [2.75, 3.05) is 6.61 Å². The average Bonchev–Trinajstić information content (AvgIpc) is 2.49. The molecule has 0 aliphatic heterocycles. The fourth-order valence-electron chi connectivity index (χ4n) is 2.63. The lowest BCUT2D eigenvalue weighted by atomic mass is 10.0. The molecule has 0 aliphatic carbocycles. The molecule has 140 valence electrons. The molecular formula is C17H36O5S. The van der Waals surface area contributed by atoms with Crippen LogP contribution in [0.5, 0.6) is 0 Å². The van der Waals surface area contributed by atoms with Gasteiger partial charge in [-0.3, -0.25) is 4.55 Å². The maximum Gasteiger partial charge on any atom is 0.424 e. The standard InChI is InChI=1S/C17H36O5S/c1-2-3-4-5-6-7-8-9-10-11-12-13-14-15-16-17-21-22-23(18,19)20/h2-17H2,1H3,(H,18,19,20). The third kappa shape index (κ3) is 21.8. The Hall–Kier alpha value is -0.170. The SMILES string of the molecule is CCCCCCCCCCCCCCCCCOOS(=O)(=O)O. The van der Waals surface area contributed by atoms with Crippen LogP contribution in [0.25, 0.3) is 0 Å². The van der Waals surface area contributed by atoms with Gasteiger partial charge in [-0.2, -0.15) is 8.42 Å². The summed E-state index contributed by atoms with van der Waals surface area (Å²) in [5, 5.41) is 0. The summed E-state index contributed by atoms with van der Waals surface area (Å²) in [5.74, 6) is 0. The number of hydrogen-bond acceptors (Lipinski definition) is 4. The van der Waals surface area contributed by atoms with Crippen LogP contribution >= 0.6 is 0 Å². The van der Waals surface area contributed by atoms with Gasteiger partial charge in [-0.25, -0.2) is 4.89 Å². The Kier molecular flexibility index (Phi) is 16.6. The van der Waals surface area contributed by atoms with E-state index >= 15 is 0 Å². The van der Waals surface area contributed by atoms with Crippen molar-refractivity contribution < 1.29 is 22.2 Å². The molecular weight excluding hydrogens is 316 g/mol. The molecule has 0 unspecified atom stereocenters. The Morgan fingerprint density at radius 3 is 1.35 bits per heavy atom. The van der Waals surface area contributed by atoms with E-state index in [9.17, 15) is 8.42 Å². The molecule has 0 saturated carbocycles. The van der Waals surface area contributed by atoms with E-state index in [1.54, 1.807) is 0 Å². The molecule has 0 spiro atoms. The van der Waals surface area contributed by atoms with Gasteiger partial charge in [-0.05, 0) is 6.42 Å². The Bertz CT molecular complexity index is 330. The van der Waals surface area contributed by atoms with Crippen LogP contribution in [0, 0.1) is 0 Å². The van der Waals surface area contributed by atoms with Gasteiger partial charge < -0.3 is 0 Å². The highest BCUT2D eigenvalue weighted by molar-refractivity contribution is 7.80. The average molecular weight is 353 g/mol. The minimum Gasteiger partial charge on any atom is -0.262 e. The van der Waals surface area contributed by atoms with E-state index < -0.39 is 10.4 Å². The van der Waals surface area contributed by atoms with Crippen molar-refractivity contribution in [2.24, 2.45) is 0 Å². The van der Waals surface area contributed by atoms with E-state index in [-0.39, 0.29) is 6.61 Å². The zero-order valence-electron chi connectivity index (χ0n) is 14.8. The second kappa shape index (κ2) is 16.7. The van der Waals surface area contributed by atoms with Crippen molar-refractivity contribution in [3.63, 3.8) is 0 Å². The number of rotatable bonds is 18. The van der Waals surface area contributed by atoms with Gasteiger partial charge in [0.05, 0.1) is 6.61 Å². The Morgan fingerprint density at radius 2 is 1.00 bits per heavy atom. The Morgan fingerprint density at radius 1 is 0.652 bits per heavy atom. The first-order chi connectivity index (χ1) is 11.1. The Labute approximate surface area is 143 Å². The molecule has 23 heavy (non-hydrogen) atoms. The van der Waals surface area contributed by atoms with Crippen molar-refractivity contribution in [3.8, 4) is 0 Å². The number of unbranched alkanes of at least 4 members (excludes halogenated alkanes) is 14. The topological polar surface area (TPSA) is 72.8 Å². The van der Waals surface area contributed by atoms with Crippen molar-refractivity contribution in [1.82, 2.24) is 0 Å². The maximum absolute atomic E-state index is 10.2. The van der Waals surface area contributed by atoms with Crippen molar-refractivity contribution >= 4 is 10.4 Å². The van der Waals surface area contributed by atoms with Gasteiger partial charge in [0.2, 0.25) is 0 Å². The molecule has 0 bridgehead atoms. The highest BCUT2D eigenvalue weighted by Crippen LogP contribution is 2.13. The molecule has 0 fully saturated rings. The van der Waals surface area contributed by atoms with Crippen LogP contribution < -0.4 is 0 Å². The minimum absolute atomic E-state index is 0.193. The third-order valence-electron chi connectivity index (χ3n) is 3.97. The van der Waals surface area contributed by atoms with E-state index in [2.05, 4.69) is 16.1 Å². The molecule has 6 heteroatoms. The molecule has 0 atom stereocenters. The fraction of sp³-hybridized carbons (Fsp3) is 1.00. The predicted octanol–water partition coefficient (Wildman–Crippen LogP) is 5.61. The summed E-state index contributed by atoms with van der Waals surface area (Å²) >= 11 is 0. The second-order valence-electron chi connectivity index (χ2n) is 6.27. The van der Waals surface area contributed by atoms with E-state index in [1.807, 2.05) is 0 Å². The molecule has 0 amide bonds. The fourth-order valence-corrected chi connectivity index (χ4v) is 2.82. The first-order valence-corrected chi connectivity index (χ1v) is 10.7. The van der Waals surface area contributed by atoms with Crippen LogP contribution in [0.2, 0.25) is 0 Å². The van der Waals surface area contributed by atoms with E-state index in [1.165, 1.54) is 77.0 Å². The third-order valence-corrected chi connectivity index (χ3v) is 4.23. The lowest BCUT2D eigenvalue weighted by Crippen LogP contribution is -2.05. The lowest BCUT2D eigenvalue weighted by molar-refractivity contribution is -0.208. The van der Waals surface area contributed by atoms with Crippen LogP contribution in [0.3, 0.4) is 0 Å². The van der Waals surface area contributed by atoms with Crippen molar-refractivity contribution in [3.05, 3.63) is 0 Å².